The summed E-state index contributed by atoms with van der Waals surface area (Å²) in [6.07, 6.45) is 3.21. The third kappa shape index (κ3) is 4.47. The van der Waals surface area contributed by atoms with Crippen molar-refractivity contribution in [3.05, 3.63) is 114 Å². The topological polar surface area (TPSA) is 98.5 Å². The molecule has 10 heteroatoms. The molecule has 4 aromatic carbocycles. The van der Waals surface area contributed by atoms with E-state index in [4.69, 9.17) is 4.74 Å². The highest BCUT2D eigenvalue weighted by Crippen LogP contribution is 2.53. The third-order valence-corrected chi connectivity index (χ3v) is 9.16. The number of rotatable bonds is 8. The number of nitrogens with zero attached hydrogens (tertiary/aromatic N) is 4. The third-order valence-electron chi connectivity index (χ3n) is 6.44. The van der Waals surface area contributed by atoms with Crippen molar-refractivity contribution in [2.75, 3.05) is 7.11 Å². The first-order chi connectivity index (χ1) is 18.5. The van der Waals surface area contributed by atoms with Crippen LogP contribution in [0.25, 0.3) is 10.8 Å². The maximum Gasteiger partial charge on any atom is 0.241 e. The van der Waals surface area contributed by atoms with E-state index >= 15 is 0 Å². The number of ether oxygens (including phenoxy) is 1. The fourth-order valence-electron chi connectivity index (χ4n) is 4.72. The van der Waals surface area contributed by atoms with Crippen molar-refractivity contribution in [2.45, 2.75) is 21.3 Å². The number of nitrogens with one attached hydrogen (secondary N) is 1. The Morgan fingerprint density at radius 3 is 2.47 bits per heavy atom. The number of para-hydroxylation sites is 1. The molecule has 8 nitrogen and oxygen atoms in total. The van der Waals surface area contributed by atoms with Crippen LogP contribution in [0.5, 0.6) is 5.75 Å². The second-order valence-electron chi connectivity index (χ2n) is 8.69. The molecule has 2 unspecified atom stereocenters. The van der Waals surface area contributed by atoms with E-state index in [0.717, 1.165) is 27.5 Å². The molecular formula is C28H23N5O3S2. The molecule has 6 rings (SSSR count). The van der Waals surface area contributed by atoms with Crippen molar-refractivity contribution in [3.63, 3.8) is 0 Å². The summed E-state index contributed by atoms with van der Waals surface area (Å²) in [4.78, 5) is 0.219. The van der Waals surface area contributed by atoms with Crippen molar-refractivity contribution in [3.8, 4) is 5.75 Å². The lowest BCUT2D eigenvalue weighted by Gasteiger charge is -2.22. The normalized spacial score (nSPS) is 16.9. The summed E-state index contributed by atoms with van der Waals surface area (Å²) in [5, 5.41) is 15.3. The number of benzene rings is 4. The molecule has 0 saturated heterocycles. The second kappa shape index (κ2) is 10.1. The van der Waals surface area contributed by atoms with Gasteiger partial charge < -0.3 is 4.74 Å². The van der Waals surface area contributed by atoms with Gasteiger partial charge in [-0.05, 0) is 46.2 Å². The van der Waals surface area contributed by atoms with Crippen molar-refractivity contribution in [2.24, 2.45) is 5.10 Å². The minimum absolute atomic E-state index is 0.219. The summed E-state index contributed by atoms with van der Waals surface area (Å²) < 4.78 is 36.8. The predicted molar refractivity (Wildman–Crippen MR) is 148 cm³/mol. The first kappa shape index (κ1) is 24.4. The minimum Gasteiger partial charge on any atom is -0.496 e. The average molecular weight is 542 g/mol. The molecule has 0 radical (unpaired) electrons. The van der Waals surface area contributed by atoms with E-state index in [-0.39, 0.29) is 10.1 Å². The molecule has 1 heterocycles. The Labute approximate surface area is 224 Å². The lowest BCUT2D eigenvalue weighted by Crippen LogP contribution is -2.30. The second-order valence-corrected chi connectivity index (χ2v) is 11.5. The lowest BCUT2D eigenvalue weighted by atomic mass is 10.1. The Hall–Kier alpha value is -3.99. The first-order valence-electron chi connectivity index (χ1n) is 11.9. The zero-order valence-electron chi connectivity index (χ0n) is 20.3. The molecule has 0 amide bonds. The van der Waals surface area contributed by atoms with Crippen LogP contribution in [0.15, 0.2) is 112 Å². The highest BCUT2D eigenvalue weighted by Gasteiger charge is 2.38. The van der Waals surface area contributed by atoms with Crippen LogP contribution in [0.1, 0.15) is 28.0 Å². The van der Waals surface area contributed by atoms with Crippen LogP contribution < -0.4 is 9.46 Å². The van der Waals surface area contributed by atoms with E-state index in [2.05, 4.69) is 20.0 Å². The fourth-order valence-corrected chi connectivity index (χ4v) is 7.25. The van der Waals surface area contributed by atoms with Gasteiger partial charge in [0.1, 0.15) is 12.1 Å². The van der Waals surface area contributed by atoms with Crippen LogP contribution >= 0.6 is 11.8 Å². The molecule has 0 bridgehead atoms. The van der Waals surface area contributed by atoms with Gasteiger partial charge in [-0.2, -0.15) is 9.78 Å². The average Bonchev–Trinajstić information content (AvgIpc) is 3.52. The van der Waals surface area contributed by atoms with Gasteiger partial charge in [-0.1, -0.05) is 78.5 Å². The zero-order valence-corrected chi connectivity index (χ0v) is 21.9. The standard InChI is InChI=1S/C28H23N5O3S2/c1-36-24-16-6-5-9-20(24)17-30-33-18-29-31-28(33)37-27-23-15-8-11-19-10-7-14-22(25(19)23)26(27)32-38(34,35)21-12-3-2-4-13-21/h2-18,26-27,32H,1H3/b30-17+. The summed E-state index contributed by atoms with van der Waals surface area (Å²) >= 11 is 1.42. The number of hydrogen-bond donors (Lipinski definition) is 1. The Morgan fingerprint density at radius 2 is 1.68 bits per heavy atom. The molecule has 5 aromatic rings. The Kier molecular flexibility index (Phi) is 6.44. The van der Waals surface area contributed by atoms with E-state index in [1.165, 1.54) is 18.1 Å². The number of sulfonamides is 1. The maximum atomic E-state index is 13.4. The van der Waals surface area contributed by atoms with Gasteiger partial charge >= 0.3 is 0 Å². The summed E-state index contributed by atoms with van der Waals surface area (Å²) in [5.74, 6) is 0.701. The number of thioether (sulfide) groups is 1. The molecule has 1 N–H and O–H groups in total. The Morgan fingerprint density at radius 1 is 0.947 bits per heavy atom. The molecule has 0 fully saturated rings. The van der Waals surface area contributed by atoms with E-state index in [1.807, 2.05) is 60.7 Å². The van der Waals surface area contributed by atoms with Crippen molar-refractivity contribution in [1.82, 2.24) is 19.6 Å². The number of aromatic nitrogens is 3. The van der Waals surface area contributed by atoms with Crippen LogP contribution in [-0.4, -0.2) is 36.6 Å². The summed E-state index contributed by atoms with van der Waals surface area (Å²) in [6.45, 7) is 0. The quantitative estimate of drug-likeness (QED) is 0.272. The smallest absolute Gasteiger partial charge is 0.241 e. The highest BCUT2D eigenvalue weighted by molar-refractivity contribution is 7.99. The van der Waals surface area contributed by atoms with Crippen LogP contribution in [-0.2, 0) is 10.0 Å². The molecular weight excluding hydrogens is 518 g/mol. The van der Waals surface area contributed by atoms with Gasteiger partial charge in [-0.25, -0.2) is 13.1 Å². The van der Waals surface area contributed by atoms with Crippen molar-refractivity contribution in [1.29, 1.82) is 0 Å². The molecule has 38 heavy (non-hydrogen) atoms. The Balaban J connectivity index is 1.37. The van der Waals surface area contributed by atoms with E-state index in [0.29, 0.717) is 10.9 Å². The van der Waals surface area contributed by atoms with Crippen LogP contribution in [0.2, 0.25) is 0 Å². The maximum absolute atomic E-state index is 13.4. The molecule has 1 aliphatic rings. The molecule has 1 aliphatic carbocycles. The molecule has 0 spiro atoms. The van der Waals surface area contributed by atoms with Crippen molar-refractivity contribution < 1.29 is 13.2 Å². The SMILES string of the molecule is COc1ccccc1/C=N/n1cnnc1SC1c2cccc3cccc(c23)C1NS(=O)(=O)c1ccccc1. The van der Waals surface area contributed by atoms with Gasteiger partial charge in [-0.15, -0.1) is 10.2 Å². The fraction of sp³-hybridized carbons (Fsp3) is 0.107. The van der Waals surface area contributed by atoms with Crippen LogP contribution in [0.4, 0.5) is 0 Å². The van der Waals surface area contributed by atoms with Gasteiger partial charge in [0.2, 0.25) is 15.2 Å². The number of methoxy groups -OCH3 is 1. The number of hydrogen-bond acceptors (Lipinski definition) is 7. The van der Waals surface area contributed by atoms with Gasteiger partial charge in [0.25, 0.3) is 0 Å². The van der Waals surface area contributed by atoms with Gasteiger partial charge in [0.05, 0.1) is 29.5 Å². The minimum atomic E-state index is -3.78. The van der Waals surface area contributed by atoms with Gasteiger partial charge in [0.15, 0.2) is 0 Å². The zero-order chi connectivity index (χ0) is 26.1. The molecule has 1 aromatic heterocycles. The summed E-state index contributed by atoms with van der Waals surface area (Å²) in [7, 11) is -2.17. The van der Waals surface area contributed by atoms with Crippen molar-refractivity contribution >= 4 is 38.8 Å². The van der Waals surface area contributed by atoms with Crippen LogP contribution in [0, 0.1) is 0 Å². The molecule has 190 valence electrons. The van der Waals surface area contributed by atoms with Gasteiger partial charge in [-0.3, -0.25) is 0 Å². The van der Waals surface area contributed by atoms with E-state index in [9.17, 15) is 8.42 Å². The monoisotopic (exact) mass is 541 g/mol. The summed E-state index contributed by atoms with van der Waals surface area (Å²) in [6, 6.07) is 27.5. The largest absolute Gasteiger partial charge is 0.496 e. The van der Waals surface area contributed by atoms with Crippen LogP contribution in [0.3, 0.4) is 0 Å². The predicted octanol–water partition coefficient (Wildman–Crippen LogP) is 5.19. The van der Waals surface area contributed by atoms with Gasteiger partial charge in [0, 0.05) is 5.56 Å². The Bertz CT molecular complexity index is 1750. The van der Waals surface area contributed by atoms with E-state index in [1.54, 1.807) is 48.3 Å². The first-order valence-corrected chi connectivity index (χ1v) is 14.2. The highest BCUT2D eigenvalue weighted by atomic mass is 32.2. The molecule has 0 saturated carbocycles. The summed E-state index contributed by atoms with van der Waals surface area (Å²) in [5.41, 5.74) is 2.78. The molecule has 2 atom stereocenters. The molecule has 0 aliphatic heterocycles. The lowest BCUT2D eigenvalue weighted by molar-refractivity contribution is 0.414. The van der Waals surface area contributed by atoms with E-state index < -0.39 is 16.1 Å².